The number of halogens is 1. The third-order valence-corrected chi connectivity index (χ3v) is 4.33. The first-order chi connectivity index (χ1) is 9.79. The lowest BCUT2D eigenvalue weighted by atomic mass is 9.99. The molecule has 0 atom stereocenters. The van der Waals surface area contributed by atoms with Crippen LogP contribution in [0, 0.1) is 3.57 Å². The Morgan fingerprint density at radius 3 is 2.50 bits per heavy atom. The second kappa shape index (κ2) is 5.92. The van der Waals surface area contributed by atoms with Crippen molar-refractivity contribution in [2.45, 2.75) is 19.8 Å². The van der Waals surface area contributed by atoms with Crippen LogP contribution in [-0.2, 0) is 6.42 Å². The second-order valence-corrected chi connectivity index (χ2v) is 6.11. The minimum absolute atomic E-state index is 1.06. The topological polar surface area (TPSA) is 12.9 Å². The molecule has 1 aromatic heterocycles. The summed E-state index contributed by atoms with van der Waals surface area (Å²) in [7, 11) is 0. The summed E-state index contributed by atoms with van der Waals surface area (Å²) < 4.78 is 1.20. The Morgan fingerprint density at radius 2 is 1.75 bits per heavy atom. The third kappa shape index (κ3) is 2.57. The number of para-hydroxylation sites is 1. The van der Waals surface area contributed by atoms with Gasteiger partial charge in [-0.3, -0.25) is 4.98 Å². The Bertz CT molecular complexity index is 732. The lowest BCUT2D eigenvalue weighted by Crippen LogP contribution is -1.90. The van der Waals surface area contributed by atoms with Gasteiger partial charge in [-0.2, -0.15) is 0 Å². The largest absolute Gasteiger partial charge is 0.255 e. The van der Waals surface area contributed by atoms with E-state index in [2.05, 4.69) is 77.0 Å². The van der Waals surface area contributed by atoms with Gasteiger partial charge in [0, 0.05) is 20.7 Å². The van der Waals surface area contributed by atoms with Crippen molar-refractivity contribution in [3.63, 3.8) is 0 Å². The molecule has 0 saturated carbocycles. The molecule has 1 nitrogen and oxygen atoms in total. The number of rotatable bonds is 3. The van der Waals surface area contributed by atoms with Crippen LogP contribution in [0.5, 0.6) is 0 Å². The maximum atomic E-state index is 4.51. The van der Waals surface area contributed by atoms with Crippen molar-refractivity contribution in [3.05, 3.63) is 63.9 Å². The van der Waals surface area contributed by atoms with Crippen molar-refractivity contribution in [3.8, 4) is 11.1 Å². The average Bonchev–Trinajstić information content (AvgIpc) is 2.49. The van der Waals surface area contributed by atoms with Crippen molar-refractivity contribution in [1.29, 1.82) is 0 Å². The molecule has 0 bridgehead atoms. The van der Waals surface area contributed by atoms with E-state index in [0.29, 0.717) is 0 Å². The summed E-state index contributed by atoms with van der Waals surface area (Å²) in [5.41, 5.74) is 5.03. The van der Waals surface area contributed by atoms with E-state index in [1.165, 1.54) is 32.1 Å². The molecule has 0 N–H and O–H groups in total. The zero-order valence-electron chi connectivity index (χ0n) is 11.4. The van der Waals surface area contributed by atoms with Crippen molar-refractivity contribution in [1.82, 2.24) is 4.98 Å². The summed E-state index contributed by atoms with van der Waals surface area (Å²) >= 11 is 2.37. The van der Waals surface area contributed by atoms with E-state index in [9.17, 15) is 0 Å². The SMILES string of the molecule is CCCc1ccc(-c2c(I)cnc3ccccc23)cc1. The fourth-order valence-electron chi connectivity index (χ4n) is 2.54. The van der Waals surface area contributed by atoms with Crippen molar-refractivity contribution in [2.24, 2.45) is 0 Å². The predicted octanol–water partition coefficient (Wildman–Crippen LogP) is 5.46. The Labute approximate surface area is 133 Å². The first-order valence-electron chi connectivity index (χ1n) is 6.92. The molecular weight excluding hydrogens is 357 g/mol. The maximum Gasteiger partial charge on any atom is 0.0709 e. The molecule has 0 fully saturated rings. The molecule has 0 amide bonds. The van der Waals surface area contributed by atoms with Gasteiger partial charge in [0.15, 0.2) is 0 Å². The zero-order chi connectivity index (χ0) is 13.9. The molecular formula is C18H16IN. The van der Waals surface area contributed by atoms with Crippen LogP contribution in [0.1, 0.15) is 18.9 Å². The molecule has 3 aromatic rings. The van der Waals surface area contributed by atoms with Crippen LogP contribution in [-0.4, -0.2) is 4.98 Å². The summed E-state index contributed by atoms with van der Waals surface area (Å²) in [6.45, 7) is 2.22. The number of aryl methyl sites for hydroxylation is 1. The van der Waals surface area contributed by atoms with E-state index in [1.54, 1.807) is 0 Å². The second-order valence-electron chi connectivity index (χ2n) is 4.95. The lowest BCUT2D eigenvalue weighted by molar-refractivity contribution is 0.922. The number of pyridine rings is 1. The number of hydrogen-bond acceptors (Lipinski definition) is 1. The lowest BCUT2D eigenvalue weighted by Gasteiger charge is -2.10. The van der Waals surface area contributed by atoms with Gasteiger partial charge in [0.05, 0.1) is 5.52 Å². The van der Waals surface area contributed by atoms with Gasteiger partial charge in [-0.1, -0.05) is 55.8 Å². The quantitative estimate of drug-likeness (QED) is 0.556. The molecule has 1 heterocycles. The summed E-state index contributed by atoms with van der Waals surface area (Å²) in [4.78, 5) is 4.51. The highest BCUT2D eigenvalue weighted by molar-refractivity contribution is 14.1. The number of hydrogen-bond donors (Lipinski definition) is 0. The zero-order valence-corrected chi connectivity index (χ0v) is 13.6. The molecule has 0 spiro atoms. The van der Waals surface area contributed by atoms with Crippen LogP contribution in [0.4, 0.5) is 0 Å². The van der Waals surface area contributed by atoms with Gasteiger partial charge in [-0.25, -0.2) is 0 Å². The van der Waals surface area contributed by atoms with E-state index in [1.807, 2.05) is 12.3 Å². The summed E-state index contributed by atoms with van der Waals surface area (Å²) in [6, 6.07) is 17.3. The van der Waals surface area contributed by atoms with E-state index in [4.69, 9.17) is 0 Å². The van der Waals surface area contributed by atoms with Gasteiger partial charge in [0.25, 0.3) is 0 Å². The molecule has 0 aliphatic carbocycles. The van der Waals surface area contributed by atoms with Gasteiger partial charge in [-0.15, -0.1) is 0 Å². The molecule has 0 saturated heterocycles. The van der Waals surface area contributed by atoms with E-state index < -0.39 is 0 Å². The summed E-state index contributed by atoms with van der Waals surface area (Å²) in [6.07, 6.45) is 4.29. The Morgan fingerprint density at radius 1 is 1.00 bits per heavy atom. The maximum absolute atomic E-state index is 4.51. The number of fused-ring (bicyclic) bond motifs is 1. The third-order valence-electron chi connectivity index (χ3n) is 3.51. The first kappa shape index (κ1) is 13.6. The highest BCUT2D eigenvalue weighted by atomic mass is 127. The molecule has 0 aliphatic rings. The molecule has 0 aliphatic heterocycles. The normalized spacial score (nSPS) is 10.9. The number of nitrogens with zero attached hydrogens (tertiary/aromatic N) is 1. The summed E-state index contributed by atoms with van der Waals surface area (Å²) in [5, 5.41) is 1.22. The standard InChI is InChI=1S/C18H16IN/c1-2-5-13-8-10-14(11-9-13)18-15-6-3-4-7-17(15)20-12-16(18)19/h3-4,6-12H,2,5H2,1H3. The van der Waals surface area contributed by atoms with Gasteiger partial charge in [-0.05, 0) is 46.2 Å². The molecule has 2 heteroatoms. The molecule has 100 valence electrons. The average molecular weight is 373 g/mol. The fourth-order valence-corrected chi connectivity index (χ4v) is 3.28. The van der Waals surface area contributed by atoms with Gasteiger partial charge in [0.2, 0.25) is 0 Å². The monoisotopic (exact) mass is 373 g/mol. The molecule has 0 radical (unpaired) electrons. The first-order valence-corrected chi connectivity index (χ1v) is 8.00. The highest BCUT2D eigenvalue weighted by Gasteiger charge is 2.08. The minimum atomic E-state index is 1.06. The Balaban J connectivity index is 2.15. The van der Waals surface area contributed by atoms with Gasteiger partial charge >= 0.3 is 0 Å². The van der Waals surface area contributed by atoms with Gasteiger partial charge < -0.3 is 0 Å². The van der Waals surface area contributed by atoms with E-state index in [-0.39, 0.29) is 0 Å². The fraction of sp³-hybridized carbons (Fsp3) is 0.167. The highest BCUT2D eigenvalue weighted by Crippen LogP contribution is 2.32. The van der Waals surface area contributed by atoms with Crippen molar-refractivity contribution in [2.75, 3.05) is 0 Å². The van der Waals surface area contributed by atoms with Crippen LogP contribution in [0.3, 0.4) is 0 Å². The Hall–Kier alpha value is -1.42. The van der Waals surface area contributed by atoms with Crippen LogP contribution >= 0.6 is 22.6 Å². The summed E-state index contributed by atoms with van der Waals surface area (Å²) in [5.74, 6) is 0. The molecule has 20 heavy (non-hydrogen) atoms. The molecule has 0 unspecified atom stereocenters. The minimum Gasteiger partial charge on any atom is -0.255 e. The van der Waals surface area contributed by atoms with E-state index in [0.717, 1.165) is 11.9 Å². The van der Waals surface area contributed by atoms with Crippen molar-refractivity contribution >= 4 is 33.5 Å². The number of benzene rings is 2. The molecule has 3 rings (SSSR count). The van der Waals surface area contributed by atoms with Crippen LogP contribution in [0.25, 0.3) is 22.0 Å². The number of aromatic nitrogens is 1. The van der Waals surface area contributed by atoms with Crippen LogP contribution < -0.4 is 0 Å². The van der Waals surface area contributed by atoms with E-state index >= 15 is 0 Å². The van der Waals surface area contributed by atoms with Crippen LogP contribution in [0.2, 0.25) is 0 Å². The smallest absolute Gasteiger partial charge is 0.0709 e. The molecule has 2 aromatic carbocycles. The predicted molar refractivity (Wildman–Crippen MR) is 93.9 cm³/mol. The Kier molecular flexibility index (Phi) is 4.01. The van der Waals surface area contributed by atoms with Crippen molar-refractivity contribution < 1.29 is 0 Å². The van der Waals surface area contributed by atoms with Crippen LogP contribution in [0.15, 0.2) is 54.7 Å². The van der Waals surface area contributed by atoms with Gasteiger partial charge in [0.1, 0.15) is 0 Å².